The SMILES string of the molecule is CNc1c(C)nn2c3c(ccc12)CCC3. The van der Waals surface area contributed by atoms with Crippen molar-refractivity contribution >= 4 is 11.2 Å². The van der Waals surface area contributed by atoms with Gasteiger partial charge in [0.15, 0.2) is 0 Å². The second-order valence-corrected chi connectivity index (χ2v) is 4.17. The highest BCUT2D eigenvalue weighted by atomic mass is 15.2. The van der Waals surface area contributed by atoms with Crippen LogP contribution in [0.25, 0.3) is 5.52 Å². The van der Waals surface area contributed by atoms with Crippen molar-refractivity contribution in [2.45, 2.75) is 26.2 Å². The van der Waals surface area contributed by atoms with E-state index in [1.165, 1.54) is 29.6 Å². The molecule has 0 aliphatic heterocycles. The summed E-state index contributed by atoms with van der Waals surface area (Å²) in [5.74, 6) is 0. The summed E-state index contributed by atoms with van der Waals surface area (Å²) in [6.45, 7) is 2.06. The molecule has 78 valence electrons. The van der Waals surface area contributed by atoms with Crippen molar-refractivity contribution in [1.29, 1.82) is 0 Å². The van der Waals surface area contributed by atoms with E-state index in [0.29, 0.717) is 0 Å². The lowest BCUT2D eigenvalue weighted by atomic mass is 10.2. The molecule has 0 fully saturated rings. The van der Waals surface area contributed by atoms with Crippen LogP contribution in [0.4, 0.5) is 5.69 Å². The summed E-state index contributed by atoms with van der Waals surface area (Å²) in [4.78, 5) is 0. The molecule has 1 aliphatic carbocycles. The molecular weight excluding hydrogens is 186 g/mol. The first-order chi connectivity index (χ1) is 7.31. The van der Waals surface area contributed by atoms with Gasteiger partial charge in [-0.05, 0) is 37.8 Å². The predicted molar refractivity (Wildman–Crippen MR) is 61.5 cm³/mol. The Bertz CT molecular complexity index is 525. The van der Waals surface area contributed by atoms with Crippen LogP contribution in [0, 0.1) is 6.92 Å². The van der Waals surface area contributed by atoms with Gasteiger partial charge in [-0.1, -0.05) is 6.07 Å². The number of aryl methyl sites for hydroxylation is 3. The van der Waals surface area contributed by atoms with Crippen molar-refractivity contribution < 1.29 is 0 Å². The van der Waals surface area contributed by atoms with E-state index in [-0.39, 0.29) is 0 Å². The lowest BCUT2D eigenvalue weighted by Crippen LogP contribution is -1.97. The monoisotopic (exact) mass is 201 g/mol. The van der Waals surface area contributed by atoms with Crippen LogP contribution in [0.3, 0.4) is 0 Å². The summed E-state index contributed by atoms with van der Waals surface area (Å²) >= 11 is 0. The Kier molecular flexibility index (Phi) is 1.75. The van der Waals surface area contributed by atoms with Gasteiger partial charge in [0.1, 0.15) is 0 Å². The second kappa shape index (κ2) is 2.99. The molecule has 0 amide bonds. The summed E-state index contributed by atoms with van der Waals surface area (Å²) < 4.78 is 2.11. The molecule has 1 aliphatic rings. The third-order valence-corrected chi connectivity index (χ3v) is 3.27. The Labute approximate surface area is 89.1 Å². The second-order valence-electron chi connectivity index (χ2n) is 4.17. The maximum Gasteiger partial charge on any atom is 0.0899 e. The average Bonchev–Trinajstić information content (AvgIpc) is 2.79. The third-order valence-electron chi connectivity index (χ3n) is 3.27. The summed E-state index contributed by atoms with van der Waals surface area (Å²) in [5.41, 5.74) is 6.31. The number of fused-ring (bicyclic) bond motifs is 3. The third kappa shape index (κ3) is 1.09. The Morgan fingerprint density at radius 2 is 2.20 bits per heavy atom. The lowest BCUT2D eigenvalue weighted by molar-refractivity contribution is 0.834. The van der Waals surface area contributed by atoms with E-state index in [9.17, 15) is 0 Å². The quantitative estimate of drug-likeness (QED) is 0.766. The first kappa shape index (κ1) is 8.77. The molecule has 3 heteroatoms. The van der Waals surface area contributed by atoms with Gasteiger partial charge >= 0.3 is 0 Å². The fourth-order valence-corrected chi connectivity index (χ4v) is 2.57. The molecular formula is C12H15N3. The first-order valence-corrected chi connectivity index (χ1v) is 5.49. The zero-order valence-electron chi connectivity index (χ0n) is 9.17. The molecule has 0 saturated heterocycles. The van der Waals surface area contributed by atoms with Crippen LogP contribution in [0.1, 0.15) is 23.4 Å². The number of rotatable bonds is 1. The normalized spacial score (nSPS) is 14.5. The largest absolute Gasteiger partial charge is 0.385 e. The van der Waals surface area contributed by atoms with Gasteiger partial charge in [0, 0.05) is 12.7 Å². The van der Waals surface area contributed by atoms with Crippen molar-refractivity contribution in [1.82, 2.24) is 9.61 Å². The summed E-state index contributed by atoms with van der Waals surface area (Å²) in [5, 5.41) is 7.84. The van der Waals surface area contributed by atoms with Gasteiger partial charge in [0.25, 0.3) is 0 Å². The number of pyridine rings is 1. The van der Waals surface area contributed by atoms with E-state index in [1.54, 1.807) is 0 Å². The number of hydrogen-bond acceptors (Lipinski definition) is 2. The fraction of sp³-hybridized carbons (Fsp3) is 0.417. The number of nitrogens with one attached hydrogen (secondary N) is 1. The molecule has 0 bridgehead atoms. The van der Waals surface area contributed by atoms with Gasteiger partial charge < -0.3 is 5.32 Å². The Morgan fingerprint density at radius 1 is 1.33 bits per heavy atom. The number of anilines is 1. The van der Waals surface area contributed by atoms with Crippen LogP contribution < -0.4 is 5.32 Å². The van der Waals surface area contributed by atoms with Crippen molar-refractivity contribution in [2.24, 2.45) is 0 Å². The highest BCUT2D eigenvalue weighted by molar-refractivity contribution is 5.75. The van der Waals surface area contributed by atoms with E-state index < -0.39 is 0 Å². The van der Waals surface area contributed by atoms with E-state index in [4.69, 9.17) is 0 Å². The topological polar surface area (TPSA) is 29.3 Å². The number of aromatic nitrogens is 2. The first-order valence-electron chi connectivity index (χ1n) is 5.49. The fourth-order valence-electron chi connectivity index (χ4n) is 2.57. The van der Waals surface area contributed by atoms with Gasteiger partial charge in [0.2, 0.25) is 0 Å². The highest BCUT2D eigenvalue weighted by Crippen LogP contribution is 2.28. The molecule has 3 rings (SSSR count). The Morgan fingerprint density at radius 3 is 3.00 bits per heavy atom. The zero-order chi connectivity index (χ0) is 10.4. The van der Waals surface area contributed by atoms with Crippen molar-refractivity contribution in [3.63, 3.8) is 0 Å². The standard InChI is InChI=1S/C12H15N3/c1-8-12(13-2)11-7-6-9-4-3-5-10(9)15(11)14-8/h6-7,13H,3-5H2,1-2H3. The molecule has 0 atom stereocenters. The van der Waals surface area contributed by atoms with E-state index in [0.717, 1.165) is 17.8 Å². The minimum atomic E-state index is 1.08. The molecule has 0 spiro atoms. The molecule has 2 aromatic heterocycles. The van der Waals surface area contributed by atoms with Crippen molar-refractivity contribution in [3.05, 3.63) is 29.1 Å². The molecule has 0 aromatic carbocycles. The molecule has 0 radical (unpaired) electrons. The maximum atomic E-state index is 4.61. The van der Waals surface area contributed by atoms with Crippen molar-refractivity contribution in [3.8, 4) is 0 Å². The number of nitrogens with zero attached hydrogens (tertiary/aromatic N) is 2. The van der Waals surface area contributed by atoms with Crippen LogP contribution in [0.2, 0.25) is 0 Å². The molecule has 15 heavy (non-hydrogen) atoms. The Balaban J connectivity index is 2.38. The van der Waals surface area contributed by atoms with Crippen LogP contribution >= 0.6 is 0 Å². The van der Waals surface area contributed by atoms with E-state index in [2.05, 4.69) is 34.0 Å². The molecule has 2 heterocycles. The highest BCUT2D eigenvalue weighted by Gasteiger charge is 2.17. The van der Waals surface area contributed by atoms with E-state index in [1.807, 2.05) is 7.05 Å². The molecule has 1 N–H and O–H groups in total. The molecule has 3 nitrogen and oxygen atoms in total. The Hall–Kier alpha value is -1.51. The number of hydrogen-bond donors (Lipinski definition) is 1. The maximum absolute atomic E-state index is 4.61. The van der Waals surface area contributed by atoms with Gasteiger partial charge in [-0.15, -0.1) is 0 Å². The van der Waals surface area contributed by atoms with Gasteiger partial charge in [-0.25, -0.2) is 4.52 Å². The minimum Gasteiger partial charge on any atom is -0.385 e. The zero-order valence-corrected chi connectivity index (χ0v) is 9.17. The van der Waals surface area contributed by atoms with Gasteiger partial charge in [0.05, 0.1) is 16.9 Å². The molecule has 0 unspecified atom stereocenters. The minimum absolute atomic E-state index is 1.08. The smallest absolute Gasteiger partial charge is 0.0899 e. The van der Waals surface area contributed by atoms with Crippen LogP contribution in [-0.2, 0) is 12.8 Å². The van der Waals surface area contributed by atoms with Crippen LogP contribution in [0.15, 0.2) is 12.1 Å². The average molecular weight is 201 g/mol. The van der Waals surface area contributed by atoms with Crippen molar-refractivity contribution in [2.75, 3.05) is 12.4 Å². The van der Waals surface area contributed by atoms with E-state index >= 15 is 0 Å². The predicted octanol–water partition coefficient (Wildman–Crippen LogP) is 2.17. The molecule has 2 aromatic rings. The summed E-state index contributed by atoms with van der Waals surface area (Å²) in [6, 6.07) is 4.43. The lowest BCUT2D eigenvalue weighted by Gasteiger charge is -2.03. The van der Waals surface area contributed by atoms with Crippen LogP contribution in [0.5, 0.6) is 0 Å². The summed E-state index contributed by atoms with van der Waals surface area (Å²) in [6.07, 6.45) is 3.64. The summed E-state index contributed by atoms with van der Waals surface area (Å²) in [7, 11) is 1.96. The molecule has 0 saturated carbocycles. The van der Waals surface area contributed by atoms with Gasteiger partial charge in [-0.2, -0.15) is 5.10 Å². The van der Waals surface area contributed by atoms with Gasteiger partial charge in [-0.3, -0.25) is 0 Å². The van der Waals surface area contributed by atoms with Crippen LogP contribution in [-0.4, -0.2) is 16.7 Å².